The molecule has 0 aromatic carbocycles. The summed E-state index contributed by atoms with van der Waals surface area (Å²) in [6.07, 6.45) is 6.07. The number of pyridine rings is 1. The normalized spacial score (nSPS) is 10.6. The summed E-state index contributed by atoms with van der Waals surface area (Å²) in [4.78, 5) is 18.5. The van der Waals surface area contributed by atoms with E-state index in [0.717, 1.165) is 32.8 Å². The summed E-state index contributed by atoms with van der Waals surface area (Å²) < 4.78 is 0. The summed E-state index contributed by atoms with van der Waals surface area (Å²) in [7, 11) is 1.84. The quantitative estimate of drug-likeness (QED) is 0.633. The van der Waals surface area contributed by atoms with Gasteiger partial charge < -0.3 is 16.4 Å². The maximum Gasteiger partial charge on any atom is 0.188 e. The first-order valence-electron chi connectivity index (χ1n) is 7.60. The molecule has 0 aliphatic carbocycles. The van der Waals surface area contributed by atoms with E-state index in [9.17, 15) is 0 Å². The number of aromatic nitrogens is 4. The highest BCUT2D eigenvalue weighted by Crippen LogP contribution is 2.31. The van der Waals surface area contributed by atoms with E-state index >= 15 is 0 Å². The molecule has 8 heteroatoms. The van der Waals surface area contributed by atoms with Gasteiger partial charge >= 0.3 is 0 Å². The number of nitrogens with two attached hydrogens (primary N) is 1. The molecule has 0 saturated heterocycles. The van der Waals surface area contributed by atoms with Crippen molar-refractivity contribution < 1.29 is 0 Å². The minimum atomic E-state index is 0.524. The first-order valence-corrected chi connectivity index (χ1v) is 8.41. The Bertz CT molecular complexity index is 817. The first-order chi connectivity index (χ1) is 11.7. The van der Waals surface area contributed by atoms with Gasteiger partial charge in [-0.2, -0.15) is 0 Å². The number of nitrogens with zero attached hydrogens (tertiary/aromatic N) is 4. The van der Waals surface area contributed by atoms with Gasteiger partial charge in [0.15, 0.2) is 5.13 Å². The van der Waals surface area contributed by atoms with Gasteiger partial charge in [0, 0.05) is 31.2 Å². The van der Waals surface area contributed by atoms with Crippen molar-refractivity contribution in [1.82, 2.24) is 19.9 Å². The molecule has 0 fully saturated rings. The van der Waals surface area contributed by atoms with E-state index in [1.54, 1.807) is 23.7 Å². The van der Waals surface area contributed by atoms with Crippen LogP contribution in [-0.2, 0) is 6.42 Å². The van der Waals surface area contributed by atoms with Crippen molar-refractivity contribution in [3.63, 3.8) is 0 Å². The lowest BCUT2D eigenvalue weighted by molar-refractivity contribution is 0.931. The molecule has 0 atom stereocenters. The summed E-state index contributed by atoms with van der Waals surface area (Å²) >= 11 is 1.56. The van der Waals surface area contributed by atoms with Crippen LogP contribution < -0.4 is 16.4 Å². The van der Waals surface area contributed by atoms with Crippen LogP contribution in [-0.4, -0.2) is 33.5 Å². The molecule has 4 N–H and O–H groups in total. The monoisotopic (exact) mass is 341 g/mol. The maximum absolute atomic E-state index is 5.73. The summed E-state index contributed by atoms with van der Waals surface area (Å²) in [5, 5.41) is 7.19. The lowest BCUT2D eigenvalue weighted by Crippen LogP contribution is -2.12. The lowest BCUT2D eigenvalue weighted by atomic mass is 10.2. The van der Waals surface area contributed by atoms with Crippen molar-refractivity contribution in [2.45, 2.75) is 13.3 Å². The van der Waals surface area contributed by atoms with E-state index in [2.05, 4.69) is 30.6 Å². The molecule has 0 unspecified atom stereocenters. The highest BCUT2D eigenvalue weighted by atomic mass is 32.1. The van der Waals surface area contributed by atoms with Gasteiger partial charge in [0.25, 0.3) is 0 Å². The Labute approximate surface area is 144 Å². The Morgan fingerprint density at radius 3 is 2.62 bits per heavy atom. The van der Waals surface area contributed by atoms with E-state index in [0.29, 0.717) is 18.8 Å². The van der Waals surface area contributed by atoms with Crippen LogP contribution in [0.2, 0.25) is 0 Å². The third-order valence-electron chi connectivity index (χ3n) is 3.45. The van der Waals surface area contributed by atoms with Crippen molar-refractivity contribution in [1.29, 1.82) is 0 Å². The second-order valence-electron chi connectivity index (χ2n) is 5.13. The van der Waals surface area contributed by atoms with Gasteiger partial charge in [-0.25, -0.2) is 15.0 Å². The number of thiazole rings is 1. The van der Waals surface area contributed by atoms with Gasteiger partial charge in [0.1, 0.15) is 17.5 Å². The van der Waals surface area contributed by atoms with Crippen LogP contribution in [0.1, 0.15) is 11.4 Å². The van der Waals surface area contributed by atoms with Crippen LogP contribution in [0.3, 0.4) is 0 Å². The molecular formula is C16H19N7S. The molecule has 0 radical (unpaired) electrons. The van der Waals surface area contributed by atoms with Crippen molar-refractivity contribution >= 4 is 28.1 Å². The van der Waals surface area contributed by atoms with Crippen LogP contribution in [0.25, 0.3) is 10.4 Å². The highest BCUT2D eigenvalue weighted by molar-refractivity contribution is 7.18. The van der Waals surface area contributed by atoms with E-state index in [-0.39, 0.29) is 0 Å². The molecule has 0 saturated carbocycles. The molecule has 0 aliphatic rings. The zero-order valence-electron chi connectivity index (χ0n) is 13.6. The Balaban J connectivity index is 1.91. The molecule has 3 aromatic heterocycles. The summed E-state index contributed by atoms with van der Waals surface area (Å²) in [5.74, 6) is 2.22. The lowest BCUT2D eigenvalue weighted by Gasteiger charge is -2.13. The number of aryl methyl sites for hydroxylation is 1. The number of hydrogen-bond donors (Lipinski definition) is 3. The molecule has 3 heterocycles. The second-order valence-corrected chi connectivity index (χ2v) is 6.16. The molecule has 124 valence electrons. The van der Waals surface area contributed by atoms with Gasteiger partial charge in [-0.15, -0.1) is 0 Å². The summed E-state index contributed by atoms with van der Waals surface area (Å²) in [6, 6.07) is 3.93. The number of hydrogen-bond acceptors (Lipinski definition) is 8. The Kier molecular flexibility index (Phi) is 4.97. The second kappa shape index (κ2) is 7.33. The number of anilines is 3. The van der Waals surface area contributed by atoms with Gasteiger partial charge in [-0.05, 0) is 37.6 Å². The van der Waals surface area contributed by atoms with Crippen molar-refractivity contribution in [3.8, 4) is 10.4 Å². The van der Waals surface area contributed by atoms with Crippen molar-refractivity contribution in [2.75, 3.05) is 24.2 Å². The predicted molar refractivity (Wildman–Crippen MR) is 97.7 cm³/mol. The summed E-state index contributed by atoms with van der Waals surface area (Å²) in [6.45, 7) is 2.39. The third-order valence-corrected chi connectivity index (χ3v) is 4.41. The average molecular weight is 341 g/mol. The smallest absolute Gasteiger partial charge is 0.188 e. The molecule has 7 nitrogen and oxygen atoms in total. The zero-order valence-corrected chi connectivity index (χ0v) is 14.4. The molecule has 24 heavy (non-hydrogen) atoms. The molecule has 0 bridgehead atoms. The zero-order chi connectivity index (χ0) is 16.9. The Morgan fingerprint density at radius 1 is 1.17 bits per heavy atom. The van der Waals surface area contributed by atoms with Crippen molar-refractivity contribution in [2.24, 2.45) is 5.73 Å². The van der Waals surface area contributed by atoms with E-state index in [4.69, 9.17) is 5.73 Å². The Morgan fingerprint density at radius 2 is 1.92 bits per heavy atom. The Hall–Kier alpha value is -2.58. The van der Waals surface area contributed by atoms with Crippen LogP contribution in [0.5, 0.6) is 0 Å². The van der Waals surface area contributed by atoms with Gasteiger partial charge in [0.05, 0.1) is 4.88 Å². The minimum Gasteiger partial charge on any atom is -0.373 e. The van der Waals surface area contributed by atoms with E-state index < -0.39 is 0 Å². The van der Waals surface area contributed by atoms with E-state index in [1.165, 1.54) is 0 Å². The fourth-order valence-corrected chi connectivity index (χ4v) is 3.19. The molecule has 3 rings (SSSR count). The average Bonchev–Trinajstić information content (AvgIpc) is 3.06. The maximum atomic E-state index is 5.73. The molecule has 3 aromatic rings. The molecule has 0 spiro atoms. The van der Waals surface area contributed by atoms with Crippen LogP contribution in [0, 0.1) is 6.92 Å². The minimum absolute atomic E-state index is 0.524. The SMILES string of the molecule is CNc1nc(C)nc(Nc2ncc(-c3ccncc3)s2)c1CCN. The fourth-order valence-electron chi connectivity index (χ4n) is 2.37. The molecule has 0 amide bonds. The fraction of sp³-hybridized carbons (Fsp3) is 0.250. The van der Waals surface area contributed by atoms with Crippen molar-refractivity contribution in [3.05, 3.63) is 42.1 Å². The topological polar surface area (TPSA) is 102 Å². The van der Waals surface area contributed by atoms with E-state index in [1.807, 2.05) is 32.3 Å². The third kappa shape index (κ3) is 3.50. The van der Waals surface area contributed by atoms with Crippen LogP contribution in [0.15, 0.2) is 30.7 Å². The predicted octanol–water partition coefficient (Wildman–Crippen LogP) is 2.59. The highest BCUT2D eigenvalue weighted by Gasteiger charge is 2.14. The number of rotatable bonds is 6. The van der Waals surface area contributed by atoms with Gasteiger partial charge in [-0.3, -0.25) is 4.98 Å². The van der Waals surface area contributed by atoms with Gasteiger partial charge in [-0.1, -0.05) is 11.3 Å². The number of nitrogens with one attached hydrogen (secondary N) is 2. The summed E-state index contributed by atoms with van der Waals surface area (Å²) in [5.41, 5.74) is 7.79. The largest absolute Gasteiger partial charge is 0.373 e. The molecule has 0 aliphatic heterocycles. The standard InChI is InChI=1S/C16H19N7S/c1-10-21-14(18-2)12(3-6-17)15(22-10)23-16-20-9-13(24-16)11-4-7-19-8-5-11/h4-5,7-9H,3,6,17H2,1-2H3,(H2,18,20,21,22,23). The first kappa shape index (κ1) is 16.3. The van der Waals surface area contributed by atoms with Crippen LogP contribution >= 0.6 is 11.3 Å². The molecular weight excluding hydrogens is 322 g/mol. The van der Waals surface area contributed by atoms with Gasteiger partial charge in [0.2, 0.25) is 0 Å². The van der Waals surface area contributed by atoms with Crippen LogP contribution in [0.4, 0.5) is 16.8 Å².